The molecule has 2 aromatic carbocycles. The number of fused-ring (bicyclic) bond motifs is 1. The van der Waals surface area contributed by atoms with E-state index in [2.05, 4.69) is 15.8 Å². The van der Waals surface area contributed by atoms with Crippen LogP contribution in [0, 0.1) is 0 Å². The van der Waals surface area contributed by atoms with Crippen molar-refractivity contribution in [3.05, 3.63) is 62.9 Å². The summed E-state index contributed by atoms with van der Waals surface area (Å²) < 4.78 is 3.09. The molecule has 0 saturated heterocycles. The van der Waals surface area contributed by atoms with Crippen molar-refractivity contribution in [1.82, 2.24) is 4.57 Å². The molecule has 0 aliphatic heterocycles. The van der Waals surface area contributed by atoms with E-state index in [1.165, 1.54) is 11.3 Å². The van der Waals surface area contributed by atoms with E-state index in [0.29, 0.717) is 20.4 Å². The Morgan fingerprint density at radius 3 is 2.58 bits per heavy atom. The molecule has 7 heteroatoms. The lowest BCUT2D eigenvalue weighted by atomic mass is 10.2. The van der Waals surface area contributed by atoms with Gasteiger partial charge in [0.15, 0.2) is 4.80 Å². The molecular weight excluding hydrogens is 383 g/mol. The van der Waals surface area contributed by atoms with Crippen LogP contribution in [0.3, 0.4) is 0 Å². The van der Waals surface area contributed by atoms with Crippen molar-refractivity contribution in [3.8, 4) is 0 Å². The number of benzene rings is 2. The average Bonchev–Trinajstić information content (AvgIpc) is 2.89. The molecule has 1 aromatic heterocycles. The van der Waals surface area contributed by atoms with E-state index in [4.69, 9.17) is 23.2 Å². The van der Waals surface area contributed by atoms with Gasteiger partial charge in [0.1, 0.15) is 0 Å². The SMILES string of the molecule is CSCCn1c(=NC(=O)c2ccc(Cl)cc2)sc2cc(Cl)ccc21. The van der Waals surface area contributed by atoms with Crippen LogP contribution in [0.2, 0.25) is 10.0 Å². The Morgan fingerprint density at radius 2 is 1.88 bits per heavy atom. The maximum absolute atomic E-state index is 12.4. The first-order valence-corrected chi connectivity index (χ1v) is 10.2. The van der Waals surface area contributed by atoms with Crippen LogP contribution in [-0.4, -0.2) is 22.5 Å². The quantitative estimate of drug-likeness (QED) is 0.613. The van der Waals surface area contributed by atoms with Gasteiger partial charge in [-0.05, 0) is 48.7 Å². The standard InChI is InChI=1S/C17H14Cl2N2OS2/c1-23-9-8-21-14-7-6-13(19)10-15(14)24-17(21)20-16(22)11-2-4-12(18)5-3-11/h2-7,10H,8-9H2,1H3. The molecule has 0 atom stereocenters. The summed E-state index contributed by atoms with van der Waals surface area (Å²) >= 11 is 15.2. The van der Waals surface area contributed by atoms with Crippen LogP contribution in [-0.2, 0) is 6.54 Å². The molecule has 0 fully saturated rings. The highest BCUT2D eigenvalue weighted by molar-refractivity contribution is 7.98. The predicted molar refractivity (Wildman–Crippen MR) is 105 cm³/mol. The van der Waals surface area contributed by atoms with E-state index >= 15 is 0 Å². The molecule has 24 heavy (non-hydrogen) atoms. The van der Waals surface area contributed by atoms with Crippen LogP contribution in [0.25, 0.3) is 10.2 Å². The van der Waals surface area contributed by atoms with Crippen molar-refractivity contribution in [2.75, 3.05) is 12.0 Å². The predicted octanol–water partition coefficient (Wildman–Crippen LogP) is 5.11. The minimum absolute atomic E-state index is 0.276. The highest BCUT2D eigenvalue weighted by Crippen LogP contribution is 2.22. The zero-order valence-corrected chi connectivity index (χ0v) is 16.0. The molecule has 0 radical (unpaired) electrons. The Labute approximate surface area is 157 Å². The van der Waals surface area contributed by atoms with E-state index in [-0.39, 0.29) is 5.91 Å². The topological polar surface area (TPSA) is 34.4 Å². The van der Waals surface area contributed by atoms with Gasteiger partial charge in [-0.2, -0.15) is 16.8 Å². The van der Waals surface area contributed by atoms with Gasteiger partial charge in [0.2, 0.25) is 0 Å². The fraction of sp³-hybridized carbons (Fsp3) is 0.176. The van der Waals surface area contributed by atoms with Gasteiger partial charge in [-0.15, -0.1) is 0 Å². The van der Waals surface area contributed by atoms with Crippen molar-refractivity contribution in [2.24, 2.45) is 4.99 Å². The fourth-order valence-corrected chi connectivity index (χ4v) is 4.10. The van der Waals surface area contributed by atoms with Crippen molar-refractivity contribution < 1.29 is 4.79 Å². The number of rotatable bonds is 4. The third-order valence-corrected chi connectivity index (χ3v) is 5.57. The Kier molecular flexibility index (Phi) is 5.66. The Hall–Kier alpha value is -1.27. The lowest BCUT2D eigenvalue weighted by Gasteiger charge is -2.03. The molecule has 3 aromatic rings. The average molecular weight is 397 g/mol. The molecule has 3 rings (SSSR count). The number of thioether (sulfide) groups is 1. The van der Waals surface area contributed by atoms with E-state index in [0.717, 1.165) is 22.5 Å². The van der Waals surface area contributed by atoms with Crippen molar-refractivity contribution in [2.45, 2.75) is 6.54 Å². The minimum atomic E-state index is -0.276. The van der Waals surface area contributed by atoms with Crippen molar-refractivity contribution >= 4 is 62.4 Å². The molecule has 0 N–H and O–H groups in total. The number of thiazole rings is 1. The molecule has 0 spiro atoms. The summed E-state index contributed by atoms with van der Waals surface area (Å²) in [5, 5.41) is 1.27. The Morgan fingerprint density at radius 1 is 1.17 bits per heavy atom. The monoisotopic (exact) mass is 396 g/mol. The van der Waals surface area contributed by atoms with Crippen LogP contribution in [0.15, 0.2) is 47.5 Å². The molecule has 0 bridgehead atoms. The number of carbonyl (C=O) groups excluding carboxylic acids is 1. The van der Waals surface area contributed by atoms with Crippen LogP contribution in [0.4, 0.5) is 0 Å². The van der Waals surface area contributed by atoms with Gasteiger partial charge in [0.25, 0.3) is 5.91 Å². The second-order valence-corrected chi connectivity index (χ2v) is 7.93. The first kappa shape index (κ1) is 17.5. The van der Waals surface area contributed by atoms with Gasteiger partial charge in [0, 0.05) is 27.9 Å². The molecule has 124 valence electrons. The molecule has 0 unspecified atom stereocenters. The summed E-state index contributed by atoms with van der Waals surface area (Å²) in [5.74, 6) is 0.666. The molecule has 0 saturated carbocycles. The van der Waals surface area contributed by atoms with Gasteiger partial charge in [0.05, 0.1) is 10.2 Å². The summed E-state index contributed by atoms with van der Waals surface area (Å²) in [7, 11) is 0. The van der Waals surface area contributed by atoms with E-state index in [9.17, 15) is 4.79 Å². The highest BCUT2D eigenvalue weighted by Gasteiger charge is 2.09. The number of amides is 1. The Balaban J connectivity index is 2.09. The first-order chi connectivity index (χ1) is 11.6. The maximum atomic E-state index is 12.4. The largest absolute Gasteiger partial charge is 0.316 e. The lowest BCUT2D eigenvalue weighted by molar-refractivity contribution is 0.0998. The van der Waals surface area contributed by atoms with Crippen molar-refractivity contribution in [1.29, 1.82) is 0 Å². The molecule has 3 nitrogen and oxygen atoms in total. The van der Waals surface area contributed by atoms with Gasteiger partial charge in [-0.1, -0.05) is 34.5 Å². The summed E-state index contributed by atoms with van der Waals surface area (Å²) in [6.07, 6.45) is 2.06. The van der Waals surface area contributed by atoms with Crippen LogP contribution in [0.1, 0.15) is 10.4 Å². The maximum Gasteiger partial charge on any atom is 0.279 e. The summed E-state index contributed by atoms with van der Waals surface area (Å²) in [6.45, 7) is 0.787. The summed E-state index contributed by atoms with van der Waals surface area (Å²) in [4.78, 5) is 17.5. The molecule has 0 aliphatic rings. The molecular formula is C17H14Cl2N2OS2. The number of nitrogens with zero attached hydrogens (tertiary/aromatic N) is 2. The van der Waals surface area contributed by atoms with Gasteiger partial charge < -0.3 is 4.57 Å². The third kappa shape index (κ3) is 3.86. The number of aryl methyl sites for hydroxylation is 1. The zero-order chi connectivity index (χ0) is 17.1. The van der Waals surface area contributed by atoms with E-state index in [1.807, 2.05) is 18.2 Å². The molecule has 1 amide bonds. The number of hydrogen-bond acceptors (Lipinski definition) is 3. The lowest BCUT2D eigenvalue weighted by Crippen LogP contribution is -2.18. The normalized spacial score (nSPS) is 12.0. The third-order valence-electron chi connectivity index (χ3n) is 3.45. The Bertz CT molecular complexity index is 945. The number of carbonyl (C=O) groups is 1. The van der Waals surface area contributed by atoms with Crippen LogP contribution in [0.5, 0.6) is 0 Å². The number of halogens is 2. The van der Waals surface area contributed by atoms with Gasteiger partial charge >= 0.3 is 0 Å². The van der Waals surface area contributed by atoms with Crippen LogP contribution < -0.4 is 4.80 Å². The zero-order valence-electron chi connectivity index (χ0n) is 12.8. The van der Waals surface area contributed by atoms with E-state index < -0.39 is 0 Å². The van der Waals surface area contributed by atoms with E-state index in [1.54, 1.807) is 36.0 Å². The van der Waals surface area contributed by atoms with Crippen LogP contribution >= 0.6 is 46.3 Å². The fourth-order valence-electron chi connectivity index (χ4n) is 2.27. The number of aromatic nitrogens is 1. The summed E-state index contributed by atoms with van der Waals surface area (Å²) in [6, 6.07) is 12.5. The minimum Gasteiger partial charge on any atom is -0.316 e. The highest BCUT2D eigenvalue weighted by atomic mass is 35.5. The second kappa shape index (κ2) is 7.74. The summed E-state index contributed by atoms with van der Waals surface area (Å²) in [5.41, 5.74) is 1.56. The molecule has 0 aliphatic carbocycles. The van der Waals surface area contributed by atoms with Gasteiger partial charge in [-0.3, -0.25) is 4.79 Å². The number of hydrogen-bond donors (Lipinski definition) is 0. The smallest absolute Gasteiger partial charge is 0.279 e. The van der Waals surface area contributed by atoms with Crippen molar-refractivity contribution in [3.63, 3.8) is 0 Å². The first-order valence-electron chi connectivity index (χ1n) is 7.21. The molecule has 1 heterocycles. The van der Waals surface area contributed by atoms with Gasteiger partial charge in [-0.25, -0.2) is 0 Å². The second-order valence-electron chi connectivity index (χ2n) is 5.06.